The lowest BCUT2D eigenvalue weighted by molar-refractivity contribution is 0.315. The second kappa shape index (κ2) is 8.53. The third-order valence-electron chi connectivity index (χ3n) is 5.20. The molecule has 24 heavy (non-hydrogen) atoms. The maximum atomic E-state index is 11.6. The van der Waals surface area contributed by atoms with Gasteiger partial charge in [-0.15, -0.1) is 24.0 Å². The summed E-state index contributed by atoms with van der Waals surface area (Å²) in [6, 6.07) is 1.24. The molecule has 3 fully saturated rings. The zero-order valence-electron chi connectivity index (χ0n) is 14.7. The molecule has 6 nitrogen and oxygen atoms in total. The molecule has 3 atom stereocenters. The zero-order valence-corrected chi connectivity index (χ0v) is 17.8. The normalized spacial score (nSPS) is 33.2. The second-order valence-electron chi connectivity index (χ2n) is 7.40. The number of halogens is 1. The van der Waals surface area contributed by atoms with E-state index in [4.69, 9.17) is 0 Å². The third-order valence-corrected chi connectivity index (χ3v) is 7.04. The van der Waals surface area contributed by atoms with Crippen molar-refractivity contribution in [1.29, 1.82) is 0 Å². The molecule has 2 heterocycles. The zero-order chi connectivity index (χ0) is 16.4. The minimum absolute atomic E-state index is 0. The van der Waals surface area contributed by atoms with Gasteiger partial charge in [-0.3, -0.25) is 9.89 Å². The van der Waals surface area contributed by atoms with Crippen molar-refractivity contribution >= 4 is 39.8 Å². The molecule has 8 heteroatoms. The summed E-state index contributed by atoms with van der Waals surface area (Å²) in [5.74, 6) is 2.26. The fourth-order valence-electron chi connectivity index (χ4n) is 3.66. The van der Waals surface area contributed by atoms with Crippen LogP contribution in [0.2, 0.25) is 0 Å². The van der Waals surface area contributed by atoms with Gasteiger partial charge in [-0.25, -0.2) is 8.42 Å². The molecule has 140 valence electrons. The lowest BCUT2D eigenvalue weighted by Crippen LogP contribution is -2.46. The molecule has 2 N–H and O–H groups in total. The van der Waals surface area contributed by atoms with Gasteiger partial charge in [-0.05, 0) is 38.0 Å². The first kappa shape index (κ1) is 20.2. The van der Waals surface area contributed by atoms with Crippen LogP contribution in [0.1, 0.15) is 33.1 Å². The predicted molar refractivity (Wildman–Crippen MR) is 109 cm³/mol. The van der Waals surface area contributed by atoms with Crippen molar-refractivity contribution in [2.45, 2.75) is 45.2 Å². The summed E-state index contributed by atoms with van der Waals surface area (Å²) in [6.45, 7) is 8.04. The molecule has 0 radical (unpaired) electrons. The van der Waals surface area contributed by atoms with E-state index in [0.717, 1.165) is 31.5 Å². The van der Waals surface area contributed by atoms with Gasteiger partial charge < -0.3 is 10.6 Å². The van der Waals surface area contributed by atoms with Crippen LogP contribution >= 0.6 is 24.0 Å². The highest BCUT2D eigenvalue weighted by Gasteiger charge is 2.38. The number of rotatable bonds is 5. The molecule has 0 aromatic rings. The molecular weight excluding hydrogens is 439 g/mol. The molecule has 3 rings (SSSR count). The number of hydrogen-bond acceptors (Lipinski definition) is 4. The van der Waals surface area contributed by atoms with Crippen molar-refractivity contribution < 1.29 is 8.42 Å². The van der Waals surface area contributed by atoms with Crippen LogP contribution in [0.5, 0.6) is 0 Å². The first-order valence-electron chi connectivity index (χ1n) is 8.96. The van der Waals surface area contributed by atoms with E-state index in [-0.39, 0.29) is 29.9 Å². The monoisotopic (exact) mass is 470 g/mol. The molecule has 0 bridgehead atoms. The van der Waals surface area contributed by atoms with Crippen molar-refractivity contribution in [3.8, 4) is 0 Å². The second-order valence-corrected chi connectivity index (χ2v) is 9.63. The Labute approximate surface area is 163 Å². The van der Waals surface area contributed by atoms with Crippen molar-refractivity contribution in [3.63, 3.8) is 0 Å². The van der Waals surface area contributed by atoms with Gasteiger partial charge in [0.15, 0.2) is 15.8 Å². The van der Waals surface area contributed by atoms with E-state index >= 15 is 0 Å². The third kappa shape index (κ3) is 5.45. The van der Waals surface area contributed by atoms with Gasteiger partial charge in [0.2, 0.25) is 0 Å². The smallest absolute Gasteiger partial charge is 0.191 e. The molecular formula is C16H31IN4O2S. The van der Waals surface area contributed by atoms with E-state index in [1.165, 1.54) is 19.4 Å². The number of nitrogens with one attached hydrogen (secondary N) is 2. The molecule has 0 aromatic carbocycles. The number of likely N-dealkylation sites (tertiary alicyclic amines) is 1. The maximum absolute atomic E-state index is 11.6. The van der Waals surface area contributed by atoms with Crippen LogP contribution in [0.4, 0.5) is 0 Å². The fraction of sp³-hybridized carbons (Fsp3) is 0.938. The number of sulfone groups is 1. The largest absolute Gasteiger partial charge is 0.357 e. The Kier molecular flexibility index (Phi) is 7.19. The average Bonchev–Trinajstić information content (AvgIpc) is 3.19. The van der Waals surface area contributed by atoms with Gasteiger partial charge in [-0.1, -0.05) is 6.92 Å². The SMILES string of the molecule is CCNC(=NCC1CCS(=O)(=O)C1)NC1CN(C2CC2)CC1C.I. The van der Waals surface area contributed by atoms with E-state index in [1.54, 1.807) is 0 Å². The maximum Gasteiger partial charge on any atom is 0.191 e. The van der Waals surface area contributed by atoms with E-state index in [1.807, 2.05) is 0 Å². The number of guanidine groups is 1. The highest BCUT2D eigenvalue weighted by Crippen LogP contribution is 2.31. The van der Waals surface area contributed by atoms with E-state index < -0.39 is 9.84 Å². The summed E-state index contributed by atoms with van der Waals surface area (Å²) in [5.41, 5.74) is 0. The highest BCUT2D eigenvalue weighted by atomic mass is 127. The Hall–Kier alpha value is -0.0900. The Morgan fingerprint density at radius 3 is 2.58 bits per heavy atom. The molecule has 2 aliphatic heterocycles. The number of aliphatic imine (C=N–C) groups is 1. The van der Waals surface area contributed by atoms with Gasteiger partial charge in [0.1, 0.15) is 0 Å². The lowest BCUT2D eigenvalue weighted by atomic mass is 10.1. The Morgan fingerprint density at radius 1 is 1.25 bits per heavy atom. The minimum Gasteiger partial charge on any atom is -0.357 e. The molecule has 3 unspecified atom stereocenters. The molecule has 1 aliphatic carbocycles. The standard InChI is InChI=1S/C16H30N4O2S.HI/c1-3-17-16(18-8-13-6-7-23(21,22)11-13)19-15-10-20(9-12(15)2)14-4-5-14;/h12-15H,3-11H2,1-2H3,(H2,17,18,19);1H. The quantitative estimate of drug-likeness (QED) is 0.358. The Morgan fingerprint density at radius 2 is 2.00 bits per heavy atom. The van der Waals surface area contributed by atoms with Gasteiger partial charge >= 0.3 is 0 Å². The summed E-state index contributed by atoms with van der Waals surface area (Å²) in [7, 11) is -2.81. The minimum atomic E-state index is -2.81. The summed E-state index contributed by atoms with van der Waals surface area (Å²) in [4.78, 5) is 7.25. The van der Waals surface area contributed by atoms with Crippen molar-refractivity contribution in [3.05, 3.63) is 0 Å². The van der Waals surface area contributed by atoms with Crippen LogP contribution < -0.4 is 10.6 Å². The van der Waals surface area contributed by atoms with Crippen molar-refractivity contribution in [2.75, 3.05) is 37.7 Å². The van der Waals surface area contributed by atoms with Gasteiger partial charge in [0.25, 0.3) is 0 Å². The van der Waals surface area contributed by atoms with Gasteiger partial charge in [0, 0.05) is 38.3 Å². The molecule has 2 saturated heterocycles. The van der Waals surface area contributed by atoms with E-state index in [2.05, 4.69) is 34.4 Å². The van der Waals surface area contributed by atoms with Gasteiger partial charge in [0.05, 0.1) is 11.5 Å². The Balaban J connectivity index is 0.00000208. The van der Waals surface area contributed by atoms with Crippen molar-refractivity contribution in [1.82, 2.24) is 15.5 Å². The fourth-order valence-corrected chi connectivity index (χ4v) is 5.51. The molecule has 0 aromatic heterocycles. The summed E-state index contributed by atoms with van der Waals surface area (Å²) < 4.78 is 23.1. The first-order chi connectivity index (χ1) is 11.0. The van der Waals surface area contributed by atoms with Crippen LogP contribution in [-0.2, 0) is 9.84 Å². The van der Waals surface area contributed by atoms with Crippen LogP contribution in [-0.4, -0.2) is 69.0 Å². The van der Waals surface area contributed by atoms with Crippen LogP contribution in [0.15, 0.2) is 4.99 Å². The lowest BCUT2D eigenvalue weighted by Gasteiger charge is -2.20. The number of nitrogens with zero attached hydrogens (tertiary/aromatic N) is 2. The topological polar surface area (TPSA) is 73.8 Å². The average molecular weight is 470 g/mol. The molecule has 0 amide bonds. The van der Waals surface area contributed by atoms with E-state index in [9.17, 15) is 8.42 Å². The first-order valence-corrected chi connectivity index (χ1v) is 10.8. The molecule has 1 saturated carbocycles. The predicted octanol–water partition coefficient (Wildman–Crippen LogP) is 1.08. The highest BCUT2D eigenvalue weighted by molar-refractivity contribution is 14.0. The summed E-state index contributed by atoms with van der Waals surface area (Å²) in [5, 5.41) is 6.88. The molecule has 0 spiro atoms. The van der Waals surface area contributed by atoms with Gasteiger partial charge in [-0.2, -0.15) is 0 Å². The van der Waals surface area contributed by atoms with Crippen LogP contribution in [0.3, 0.4) is 0 Å². The van der Waals surface area contributed by atoms with Crippen molar-refractivity contribution in [2.24, 2.45) is 16.8 Å². The van der Waals surface area contributed by atoms with Crippen LogP contribution in [0, 0.1) is 11.8 Å². The Bertz CT molecular complexity index is 550. The summed E-state index contributed by atoms with van der Waals surface area (Å²) >= 11 is 0. The van der Waals surface area contributed by atoms with E-state index in [0.29, 0.717) is 30.0 Å². The summed E-state index contributed by atoms with van der Waals surface area (Å²) in [6.07, 6.45) is 3.45. The molecule has 3 aliphatic rings. The number of hydrogen-bond donors (Lipinski definition) is 2. The van der Waals surface area contributed by atoms with Crippen LogP contribution in [0.25, 0.3) is 0 Å².